The van der Waals surface area contributed by atoms with Crippen molar-refractivity contribution in [1.29, 1.82) is 0 Å². The highest BCUT2D eigenvalue weighted by molar-refractivity contribution is 9.10. The monoisotopic (exact) mass is 371 g/mol. The first-order valence-electron chi connectivity index (χ1n) is 7.08. The van der Waals surface area contributed by atoms with Gasteiger partial charge in [0.15, 0.2) is 5.78 Å². The van der Waals surface area contributed by atoms with Gasteiger partial charge in [-0.15, -0.1) is 0 Å². The number of amides is 1. The Hall–Kier alpha value is -2.40. The van der Waals surface area contributed by atoms with Crippen molar-refractivity contribution in [3.05, 3.63) is 63.6 Å². The third-order valence-corrected chi connectivity index (χ3v) is 3.93. The smallest absolute Gasteiger partial charge is 0.221 e. The zero-order chi connectivity index (χ0) is 16.4. The number of hydrogen-bond acceptors (Lipinski definition) is 3. The molecule has 2 aromatic rings. The Bertz CT molecular complexity index is 810. The standard InChI is InChI=1S/C18H14BrNO3/c1-11(21)20-15-5-2-12(3-6-15)8-13-10-23-17-7-4-14(19)9-16(17)18(13)22/h2-9H,10H2,1H3,(H,20,21)/b13-8+. The lowest BCUT2D eigenvalue weighted by atomic mass is 9.98. The van der Waals surface area contributed by atoms with E-state index in [9.17, 15) is 9.59 Å². The van der Waals surface area contributed by atoms with E-state index in [-0.39, 0.29) is 18.3 Å². The quantitative estimate of drug-likeness (QED) is 0.809. The van der Waals surface area contributed by atoms with Gasteiger partial charge in [0.2, 0.25) is 5.91 Å². The van der Waals surface area contributed by atoms with Crippen molar-refractivity contribution in [3.8, 4) is 5.75 Å². The topological polar surface area (TPSA) is 55.4 Å². The molecule has 0 spiro atoms. The number of Topliss-reactive ketones (excluding diaryl/α,β-unsaturated/α-hetero) is 1. The van der Waals surface area contributed by atoms with E-state index in [4.69, 9.17) is 4.74 Å². The highest BCUT2D eigenvalue weighted by Crippen LogP contribution is 2.30. The number of ketones is 1. The van der Waals surface area contributed by atoms with Crippen molar-refractivity contribution in [1.82, 2.24) is 0 Å². The molecule has 0 unspecified atom stereocenters. The Balaban J connectivity index is 1.86. The van der Waals surface area contributed by atoms with Crippen LogP contribution >= 0.6 is 15.9 Å². The number of halogens is 1. The summed E-state index contributed by atoms with van der Waals surface area (Å²) in [5.74, 6) is 0.462. The Morgan fingerprint density at radius 2 is 1.96 bits per heavy atom. The summed E-state index contributed by atoms with van der Waals surface area (Å²) in [6.45, 7) is 1.71. The van der Waals surface area contributed by atoms with E-state index in [1.54, 1.807) is 24.3 Å². The number of carbonyl (C=O) groups excluding carboxylic acids is 2. The fourth-order valence-electron chi connectivity index (χ4n) is 2.37. The van der Waals surface area contributed by atoms with E-state index in [0.717, 1.165) is 15.7 Å². The number of fused-ring (bicyclic) bond motifs is 1. The van der Waals surface area contributed by atoms with Gasteiger partial charge in [-0.05, 0) is 42.0 Å². The maximum absolute atomic E-state index is 12.6. The second kappa shape index (κ2) is 6.38. The summed E-state index contributed by atoms with van der Waals surface area (Å²) in [6.07, 6.45) is 1.81. The first-order chi connectivity index (χ1) is 11.0. The van der Waals surface area contributed by atoms with Gasteiger partial charge >= 0.3 is 0 Å². The first-order valence-corrected chi connectivity index (χ1v) is 7.87. The maximum atomic E-state index is 12.6. The van der Waals surface area contributed by atoms with Gasteiger partial charge in [-0.1, -0.05) is 28.1 Å². The Morgan fingerprint density at radius 3 is 2.65 bits per heavy atom. The first kappa shape index (κ1) is 15.5. The summed E-state index contributed by atoms with van der Waals surface area (Å²) in [5, 5.41) is 2.71. The van der Waals surface area contributed by atoms with Crippen molar-refractivity contribution in [2.24, 2.45) is 0 Å². The van der Waals surface area contributed by atoms with E-state index in [1.165, 1.54) is 6.92 Å². The third-order valence-electron chi connectivity index (χ3n) is 3.43. The number of carbonyl (C=O) groups is 2. The summed E-state index contributed by atoms with van der Waals surface area (Å²) in [4.78, 5) is 23.6. The molecule has 1 aliphatic heterocycles. The average molecular weight is 372 g/mol. The molecule has 1 heterocycles. The van der Waals surface area contributed by atoms with Crippen LogP contribution in [0.1, 0.15) is 22.8 Å². The lowest BCUT2D eigenvalue weighted by molar-refractivity contribution is -0.114. The molecule has 0 aromatic heterocycles. The molecular formula is C18H14BrNO3. The molecule has 0 bridgehead atoms. The number of ether oxygens (including phenoxy) is 1. The number of benzene rings is 2. The Morgan fingerprint density at radius 1 is 1.22 bits per heavy atom. The third kappa shape index (κ3) is 3.51. The maximum Gasteiger partial charge on any atom is 0.221 e. The van der Waals surface area contributed by atoms with Gasteiger partial charge in [-0.2, -0.15) is 0 Å². The van der Waals surface area contributed by atoms with Gasteiger partial charge in [0.1, 0.15) is 12.4 Å². The molecule has 0 radical (unpaired) electrons. The molecule has 0 fully saturated rings. The van der Waals surface area contributed by atoms with Gasteiger partial charge in [-0.3, -0.25) is 9.59 Å². The summed E-state index contributed by atoms with van der Waals surface area (Å²) >= 11 is 3.37. The molecule has 0 aliphatic carbocycles. The number of hydrogen-bond donors (Lipinski definition) is 1. The normalized spacial score (nSPS) is 15.0. The van der Waals surface area contributed by atoms with Crippen molar-refractivity contribution in [2.45, 2.75) is 6.92 Å². The molecule has 1 amide bonds. The zero-order valence-corrected chi connectivity index (χ0v) is 14.0. The lowest BCUT2D eigenvalue weighted by Gasteiger charge is -2.19. The minimum atomic E-state index is -0.117. The molecule has 5 heteroatoms. The van der Waals surface area contributed by atoms with E-state index in [1.807, 2.05) is 24.3 Å². The summed E-state index contributed by atoms with van der Waals surface area (Å²) in [7, 11) is 0. The van der Waals surface area contributed by atoms with E-state index < -0.39 is 0 Å². The van der Waals surface area contributed by atoms with Crippen LogP contribution in [-0.2, 0) is 4.79 Å². The minimum Gasteiger partial charge on any atom is -0.488 e. The van der Waals surface area contributed by atoms with Crippen LogP contribution in [0.2, 0.25) is 0 Å². The molecule has 0 atom stereocenters. The molecule has 1 N–H and O–H groups in total. The zero-order valence-electron chi connectivity index (χ0n) is 12.4. The molecule has 116 valence electrons. The van der Waals surface area contributed by atoms with Crippen LogP contribution in [0.15, 0.2) is 52.5 Å². The van der Waals surface area contributed by atoms with Gasteiger partial charge < -0.3 is 10.1 Å². The van der Waals surface area contributed by atoms with E-state index >= 15 is 0 Å². The van der Waals surface area contributed by atoms with Gasteiger partial charge in [0.25, 0.3) is 0 Å². The van der Waals surface area contributed by atoms with Crippen LogP contribution in [0, 0.1) is 0 Å². The predicted octanol–water partition coefficient (Wildman–Crippen LogP) is 4.07. The molecule has 23 heavy (non-hydrogen) atoms. The number of rotatable bonds is 2. The van der Waals surface area contributed by atoms with Crippen molar-refractivity contribution in [3.63, 3.8) is 0 Å². The molecule has 0 saturated heterocycles. The van der Waals surface area contributed by atoms with Crippen LogP contribution in [0.3, 0.4) is 0 Å². The molecule has 3 rings (SSSR count). The minimum absolute atomic E-state index is 0.0292. The summed E-state index contributed by atoms with van der Waals surface area (Å²) < 4.78 is 6.48. The SMILES string of the molecule is CC(=O)Nc1ccc(/C=C2\COc3ccc(Br)cc3C2=O)cc1. The highest BCUT2D eigenvalue weighted by Gasteiger charge is 2.23. The second-order valence-electron chi connectivity index (χ2n) is 5.23. The molecule has 4 nitrogen and oxygen atoms in total. The fourth-order valence-corrected chi connectivity index (χ4v) is 2.73. The largest absolute Gasteiger partial charge is 0.488 e. The average Bonchev–Trinajstić information content (AvgIpc) is 2.52. The molecule has 0 saturated carbocycles. The second-order valence-corrected chi connectivity index (χ2v) is 6.15. The van der Waals surface area contributed by atoms with E-state index in [2.05, 4.69) is 21.2 Å². The van der Waals surface area contributed by atoms with Crippen LogP contribution < -0.4 is 10.1 Å². The molecular weight excluding hydrogens is 358 g/mol. The Labute approximate surface area is 142 Å². The number of anilines is 1. The van der Waals surface area contributed by atoms with Crippen molar-refractivity contribution in [2.75, 3.05) is 11.9 Å². The molecule has 1 aliphatic rings. The fraction of sp³-hybridized carbons (Fsp3) is 0.111. The van der Waals surface area contributed by atoms with Crippen molar-refractivity contribution < 1.29 is 14.3 Å². The molecule has 2 aromatic carbocycles. The van der Waals surface area contributed by atoms with Crippen LogP contribution in [0.5, 0.6) is 5.75 Å². The Kier molecular flexibility index (Phi) is 4.30. The van der Waals surface area contributed by atoms with Crippen LogP contribution in [0.25, 0.3) is 6.08 Å². The highest BCUT2D eigenvalue weighted by atomic mass is 79.9. The van der Waals surface area contributed by atoms with E-state index in [0.29, 0.717) is 16.9 Å². The van der Waals surface area contributed by atoms with Crippen LogP contribution in [0.4, 0.5) is 5.69 Å². The van der Waals surface area contributed by atoms with Crippen molar-refractivity contribution >= 4 is 39.4 Å². The van der Waals surface area contributed by atoms with Crippen LogP contribution in [-0.4, -0.2) is 18.3 Å². The summed E-state index contributed by atoms with van der Waals surface area (Å²) in [5.41, 5.74) is 2.76. The lowest BCUT2D eigenvalue weighted by Crippen LogP contribution is -2.19. The van der Waals surface area contributed by atoms with Gasteiger partial charge in [0.05, 0.1) is 5.56 Å². The van der Waals surface area contributed by atoms with Gasteiger partial charge in [-0.25, -0.2) is 0 Å². The predicted molar refractivity (Wildman–Crippen MR) is 92.7 cm³/mol. The summed E-state index contributed by atoms with van der Waals surface area (Å²) in [6, 6.07) is 12.7. The number of nitrogens with one attached hydrogen (secondary N) is 1. The van der Waals surface area contributed by atoms with Gasteiger partial charge in [0, 0.05) is 22.7 Å².